The Bertz CT molecular complexity index is 1280. The number of hydrogen-bond donors (Lipinski definition) is 4. The lowest BCUT2D eigenvalue weighted by atomic mass is 10.0. The number of rotatable bonds is 11. The first-order valence-electron chi connectivity index (χ1n) is 12.9. The Morgan fingerprint density at radius 1 is 1.05 bits per heavy atom. The van der Waals surface area contributed by atoms with E-state index in [9.17, 15) is 19.5 Å². The van der Waals surface area contributed by atoms with Crippen LogP contribution >= 0.6 is 0 Å². The molecule has 0 unspecified atom stereocenters. The lowest BCUT2D eigenvalue weighted by molar-refractivity contribution is -0.139. The van der Waals surface area contributed by atoms with Crippen molar-refractivity contribution < 1.29 is 29.0 Å². The van der Waals surface area contributed by atoms with Crippen LogP contribution in [-0.4, -0.2) is 71.9 Å². The molecule has 0 spiro atoms. The van der Waals surface area contributed by atoms with Crippen LogP contribution in [0.15, 0.2) is 67.0 Å². The number of hydrogen-bond acceptors (Lipinski definition) is 9. The van der Waals surface area contributed by atoms with E-state index in [4.69, 9.17) is 9.47 Å². The van der Waals surface area contributed by atoms with Crippen molar-refractivity contribution >= 4 is 29.6 Å². The van der Waals surface area contributed by atoms with Gasteiger partial charge in [0.05, 0.1) is 12.8 Å². The average Bonchev–Trinajstić information content (AvgIpc) is 2.99. The number of carbonyl (C=O) groups is 3. The van der Waals surface area contributed by atoms with Gasteiger partial charge in [-0.05, 0) is 42.7 Å². The molecule has 1 aliphatic rings. The maximum absolute atomic E-state index is 12.8. The van der Waals surface area contributed by atoms with Crippen molar-refractivity contribution in [2.75, 3.05) is 37.0 Å². The summed E-state index contributed by atoms with van der Waals surface area (Å²) >= 11 is 0. The van der Waals surface area contributed by atoms with Crippen molar-refractivity contribution in [3.05, 3.63) is 78.1 Å². The molecule has 4 rings (SSSR count). The van der Waals surface area contributed by atoms with Gasteiger partial charge in [-0.15, -0.1) is 0 Å². The molecule has 0 radical (unpaired) electrons. The van der Waals surface area contributed by atoms with Crippen LogP contribution in [0.4, 0.5) is 16.4 Å². The first-order chi connectivity index (χ1) is 19.4. The minimum Gasteiger partial charge on any atom is -0.495 e. The summed E-state index contributed by atoms with van der Waals surface area (Å²) in [6.07, 6.45) is 4.26. The second-order valence-electron chi connectivity index (χ2n) is 9.17. The summed E-state index contributed by atoms with van der Waals surface area (Å²) in [6.45, 7) is 1.22. The number of carbonyl (C=O) groups excluding carboxylic acids is 2. The van der Waals surface area contributed by atoms with E-state index < -0.39 is 24.0 Å². The van der Waals surface area contributed by atoms with Gasteiger partial charge < -0.3 is 35.4 Å². The summed E-state index contributed by atoms with van der Waals surface area (Å²) in [5.74, 6) is -0.663. The third-order valence-corrected chi connectivity index (χ3v) is 6.45. The lowest BCUT2D eigenvalue weighted by Gasteiger charge is -2.34. The Morgan fingerprint density at radius 3 is 2.45 bits per heavy atom. The number of aliphatic carboxylic acids is 1. The number of alkyl carbamates (subject to hydrolysis) is 1. The van der Waals surface area contributed by atoms with Crippen molar-refractivity contribution in [1.29, 1.82) is 0 Å². The van der Waals surface area contributed by atoms with Gasteiger partial charge in [0.2, 0.25) is 5.95 Å². The topological polar surface area (TPSA) is 155 Å². The number of amides is 2. The first kappa shape index (κ1) is 28.1. The van der Waals surface area contributed by atoms with Gasteiger partial charge in [0.25, 0.3) is 5.91 Å². The highest BCUT2D eigenvalue weighted by molar-refractivity contribution is 5.95. The minimum absolute atomic E-state index is 0.00680. The molecule has 210 valence electrons. The first-order valence-corrected chi connectivity index (χ1v) is 12.9. The number of methoxy groups -OCH3 is 1. The zero-order chi connectivity index (χ0) is 28.3. The Morgan fingerprint density at radius 2 is 1.77 bits per heavy atom. The Kier molecular flexibility index (Phi) is 9.70. The second-order valence-corrected chi connectivity index (χ2v) is 9.17. The molecule has 1 aliphatic heterocycles. The van der Waals surface area contributed by atoms with Crippen molar-refractivity contribution in [2.45, 2.75) is 31.5 Å². The molecule has 1 aromatic heterocycles. The standard InChI is InChI=1S/C28H32N6O6/c1-39-24-16-20(8-9-23(24)34-14-10-21(11-15-34)32-27-29-12-5-13-30-27)25(35)31-17-22(26(36)37)33-28(38)40-18-19-6-3-2-4-7-19/h2-9,12-13,16,21-22H,10-11,14-15,17-18H2,1H3,(H,31,35)(H,33,38)(H,36,37)(H,29,30,32)/t22-/m0/s1. The number of nitrogens with zero attached hydrogens (tertiary/aromatic N) is 3. The van der Waals surface area contributed by atoms with Crippen LogP contribution in [0.3, 0.4) is 0 Å². The van der Waals surface area contributed by atoms with Crippen LogP contribution in [0, 0.1) is 0 Å². The Hall–Kier alpha value is -4.87. The van der Waals surface area contributed by atoms with Gasteiger partial charge in [-0.25, -0.2) is 19.6 Å². The number of carboxylic acids is 1. The van der Waals surface area contributed by atoms with Crippen LogP contribution in [0.1, 0.15) is 28.8 Å². The molecular weight excluding hydrogens is 516 g/mol. The highest BCUT2D eigenvalue weighted by Gasteiger charge is 2.24. The van der Waals surface area contributed by atoms with E-state index in [-0.39, 0.29) is 19.2 Å². The molecule has 0 aliphatic carbocycles. The molecule has 12 heteroatoms. The average molecular weight is 549 g/mol. The van der Waals surface area contributed by atoms with Gasteiger partial charge >= 0.3 is 12.1 Å². The van der Waals surface area contributed by atoms with Crippen molar-refractivity contribution in [2.24, 2.45) is 0 Å². The van der Waals surface area contributed by atoms with E-state index in [0.29, 0.717) is 17.3 Å². The zero-order valence-corrected chi connectivity index (χ0v) is 22.1. The van der Waals surface area contributed by atoms with Gasteiger partial charge in [0, 0.05) is 43.6 Å². The van der Waals surface area contributed by atoms with Gasteiger partial charge in [-0.3, -0.25) is 4.79 Å². The maximum Gasteiger partial charge on any atom is 0.408 e. The summed E-state index contributed by atoms with van der Waals surface area (Å²) in [5.41, 5.74) is 1.92. The molecule has 3 aromatic rings. The molecule has 2 heterocycles. The number of benzene rings is 2. The molecular formula is C28H32N6O6. The molecule has 12 nitrogen and oxygen atoms in total. The quantitative estimate of drug-likeness (QED) is 0.281. The summed E-state index contributed by atoms with van der Waals surface area (Å²) in [4.78, 5) is 47.2. The fourth-order valence-electron chi connectivity index (χ4n) is 4.30. The molecule has 1 atom stereocenters. The number of ether oxygens (including phenoxy) is 2. The smallest absolute Gasteiger partial charge is 0.408 e. The molecule has 0 saturated carbocycles. The maximum atomic E-state index is 12.8. The fourth-order valence-corrected chi connectivity index (χ4v) is 4.30. The minimum atomic E-state index is -1.37. The van der Waals surface area contributed by atoms with Crippen LogP contribution in [-0.2, 0) is 16.1 Å². The third-order valence-electron chi connectivity index (χ3n) is 6.45. The number of nitrogens with one attached hydrogen (secondary N) is 3. The highest BCUT2D eigenvalue weighted by Crippen LogP contribution is 2.31. The highest BCUT2D eigenvalue weighted by atomic mass is 16.5. The van der Waals surface area contributed by atoms with Gasteiger partial charge in [-0.1, -0.05) is 30.3 Å². The molecule has 1 saturated heterocycles. The van der Waals surface area contributed by atoms with E-state index >= 15 is 0 Å². The van der Waals surface area contributed by atoms with Crippen LogP contribution in [0.5, 0.6) is 5.75 Å². The van der Waals surface area contributed by atoms with Crippen LogP contribution < -0.4 is 25.6 Å². The number of aromatic nitrogens is 2. The molecule has 4 N–H and O–H groups in total. The van der Waals surface area contributed by atoms with Gasteiger partial charge in [-0.2, -0.15) is 0 Å². The van der Waals surface area contributed by atoms with E-state index in [1.807, 2.05) is 12.1 Å². The van der Waals surface area contributed by atoms with Crippen LogP contribution in [0.25, 0.3) is 0 Å². The summed E-state index contributed by atoms with van der Waals surface area (Å²) in [7, 11) is 1.53. The van der Waals surface area contributed by atoms with E-state index in [1.165, 1.54) is 7.11 Å². The molecule has 2 amide bonds. The summed E-state index contributed by atoms with van der Waals surface area (Å²) < 4.78 is 10.6. The monoisotopic (exact) mass is 548 g/mol. The van der Waals surface area contributed by atoms with Crippen molar-refractivity contribution in [1.82, 2.24) is 20.6 Å². The largest absolute Gasteiger partial charge is 0.495 e. The van der Waals surface area contributed by atoms with Crippen molar-refractivity contribution in [3.63, 3.8) is 0 Å². The van der Waals surface area contributed by atoms with Gasteiger partial charge in [0.1, 0.15) is 18.4 Å². The predicted octanol–water partition coefficient (Wildman–Crippen LogP) is 2.68. The number of piperidine rings is 1. The Balaban J connectivity index is 1.29. The normalized spacial score (nSPS) is 14.1. The zero-order valence-electron chi connectivity index (χ0n) is 22.1. The number of carboxylic acid groups (broad SMARTS) is 1. The molecule has 1 fully saturated rings. The molecule has 2 aromatic carbocycles. The predicted molar refractivity (Wildman–Crippen MR) is 147 cm³/mol. The lowest BCUT2D eigenvalue weighted by Crippen LogP contribution is -2.48. The second kappa shape index (κ2) is 13.8. The molecule has 40 heavy (non-hydrogen) atoms. The van der Waals surface area contributed by atoms with Gasteiger partial charge in [0.15, 0.2) is 0 Å². The van der Waals surface area contributed by atoms with E-state index in [0.717, 1.165) is 37.2 Å². The fraction of sp³-hybridized carbons (Fsp3) is 0.321. The van der Waals surface area contributed by atoms with E-state index in [1.54, 1.807) is 54.9 Å². The van der Waals surface area contributed by atoms with Crippen molar-refractivity contribution in [3.8, 4) is 5.75 Å². The number of anilines is 2. The summed E-state index contributed by atoms with van der Waals surface area (Å²) in [5, 5.41) is 17.7. The van der Waals surface area contributed by atoms with Crippen LogP contribution in [0.2, 0.25) is 0 Å². The van der Waals surface area contributed by atoms with E-state index in [2.05, 4.69) is 30.8 Å². The Labute approximate surface area is 231 Å². The summed E-state index contributed by atoms with van der Waals surface area (Å²) in [6, 6.07) is 14.7. The SMILES string of the molecule is COc1cc(C(=O)NC[C@H](NC(=O)OCc2ccccc2)C(=O)O)ccc1N1CCC(Nc2ncccn2)CC1. The molecule has 0 bridgehead atoms. The third kappa shape index (κ3) is 7.82.